The van der Waals surface area contributed by atoms with E-state index < -0.39 is 6.04 Å². The number of carbonyl (C=O) groups is 2. The smallest absolute Gasteiger partial charge is 0.248 e. The third-order valence-corrected chi connectivity index (χ3v) is 5.34. The van der Waals surface area contributed by atoms with Crippen LogP contribution < -0.4 is 15.5 Å². The zero-order valence-corrected chi connectivity index (χ0v) is 18.0. The zero-order chi connectivity index (χ0) is 21.5. The number of likely N-dealkylation sites (N-methyl/N-ethyl adjacent to an activating group) is 1. The number of anilines is 2. The highest BCUT2D eigenvalue weighted by molar-refractivity contribution is 5.97. The van der Waals surface area contributed by atoms with Crippen LogP contribution in [0.2, 0.25) is 0 Å². The van der Waals surface area contributed by atoms with Gasteiger partial charge in [0.25, 0.3) is 0 Å². The molecule has 1 fully saturated rings. The van der Waals surface area contributed by atoms with Crippen molar-refractivity contribution in [3.05, 3.63) is 54.2 Å². The molecule has 0 radical (unpaired) electrons. The second kappa shape index (κ2) is 10.2. The molecule has 1 aromatic carbocycles. The fraction of sp³-hybridized carbons (Fsp3) is 0.435. The zero-order valence-electron chi connectivity index (χ0n) is 18.0. The number of benzene rings is 1. The quantitative estimate of drug-likeness (QED) is 0.733. The van der Waals surface area contributed by atoms with Crippen molar-refractivity contribution in [2.45, 2.75) is 26.3 Å². The summed E-state index contributed by atoms with van der Waals surface area (Å²) in [5.74, 6) is 0.00912. The van der Waals surface area contributed by atoms with Crippen molar-refractivity contribution in [2.75, 3.05) is 43.4 Å². The molecule has 1 aliphatic heterocycles. The van der Waals surface area contributed by atoms with Crippen molar-refractivity contribution in [1.29, 1.82) is 0 Å². The maximum Gasteiger partial charge on any atom is 0.248 e. The summed E-state index contributed by atoms with van der Waals surface area (Å²) in [6.45, 7) is 7.81. The van der Waals surface area contributed by atoms with Gasteiger partial charge in [-0.3, -0.25) is 9.59 Å². The predicted molar refractivity (Wildman–Crippen MR) is 119 cm³/mol. The Labute approximate surface area is 178 Å². The number of nitrogens with one attached hydrogen (secondary N) is 2. The second-order valence-corrected chi connectivity index (χ2v) is 8.13. The third-order valence-electron chi connectivity index (χ3n) is 5.34. The van der Waals surface area contributed by atoms with Crippen molar-refractivity contribution in [2.24, 2.45) is 5.92 Å². The van der Waals surface area contributed by atoms with Crippen LogP contribution in [0.5, 0.6) is 0 Å². The van der Waals surface area contributed by atoms with Gasteiger partial charge in [-0.15, -0.1) is 0 Å². The molecule has 30 heavy (non-hydrogen) atoms. The summed E-state index contributed by atoms with van der Waals surface area (Å²) in [4.78, 5) is 34.2. The van der Waals surface area contributed by atoms with Gasteiger partial charge in [0.05, 0.1) is 18.3 Å². The van der Waals surface area contributed by atoms with Crippen LogP contribution in [-0.2, 0) is 16.0 Å². The summed E-state index contributed by atoms with van der Waals surface area (Å²) in [6, 6.07) is 12.7. The van der Waals surface area contributed by atoms with E-state index in [2.05, 4.69) is 32.5 Å². The lowest BCUT2D eigenvalue weighted by Crippen LogP contribution is -2.47. The molecule has 2 N–H and O–H groups in total. The first-order valence-corrected chi connectivity index (χ1v) is 10.5. The van der Waals surface area contributed by atoms with Crippen LogP contribution in [0.25, 0.3) is 0 Å². The highest BCUT2D eigenvalue weighted by Gasteiger charge is 2.24. The Bertz CT molecular complexity index is 830. The van der Waals surface area contributed by atoms with Gasteiger partial charge in [0.1, 0.15) is 11.9 Å². The molecule has 1 unspecified atom stereocenters. The number of nitrogens with zero attached hydrogens (tertiary/aromatic N) is 3. The van der Waals surface area contributed by atoms with E-state index in [4.69, 9.17) is 0 Å². The van der Waals surface area contributed by atoms with Gasteiger partial charge in [0.15, 0.2) is 0 Å². The molecule has 160 valence electrons. The topological polar surface area (TPSA) is 77.6 Å². The lowest BCUT2D eigenvalue weighted by Gasteiger charge is -2.33. The Morgan fingerprint density at radius 1 is 1.03 bits per heavy atom. The molecule has 7 nitrogen and oxygen atoms in total. The molecule has 2 heterocycles. The summed E-state index contributed by atoms with van der Waals surface area (Å²) in [5.41, 5.74) is 1.97. The molecule has 0 saturated carbocycles. The van der Waals surface area contributed by atoms with E-state index in [0.29, 0.717) is 5.82 Å². The standard InChI is InChI=1S/C23H31N5O2/c1-17(2)22(26-21(29)15-18-7-5-4-6-8-18)23(30)25-20-10-9-19(16-24-20)28-13-11-27(3)12-14-28/h4-10,16-17,22H,11-15H2,1-3H3,(H,26,29)(H,24,25,30). The molecule has 1 aromatic heterocycles. The highest BCUT2D eigenvalue weighted by Crippen LogP contribution is 2.17. The average molecular weight is 410 g/mol. The number of pyridine rings is 1. The van der Waals surface area contributed by atoms with E-state index in [1.54, 1.807) is 6.20 Å². The van der Waals surface area contributed by atoms with Crippen LogP contribution in [-0.4, -0.2) is 61.0 Å². The largest absolute Gasteiger partial charge is 0.368 e. The molecule has 1 saturated heterocycles. The monoisotopic (exact) mass is 409 g/mol. The molecular formula is C23H31N5O2. The lowest BCUT2D eigenvalue weighted by molar-refractivity contribution is -0.127. The van der Waals surface area contributed by atoms with Gasteiger partial charge in [0, 0.05) is 26.2 Å². The third kappa shape index (κ3) is 6.03. The summed E-state index contributed by atoms with van der Waals surface area (Å²) in [5, 5.41) is 5.70. The number of carbonyl (C=O) groups excluding carboxylic acids is 2. The summed E-state index contributed by atoms with van der Waals surface area (Å²) in [7, 11) is 2.12. The number of aromatic nitrogens is 1. The number of amides is 2. The van der Waals surface area contributed by atoms with Crippen molar-refractivity contribution in [3.63, 3.8) is 0 Å². The summed E-state index contributed by atoms with van der Waals surface area (Å²) in [6.07, 6.45) is 2.04. The number of hydrogen-bond acceptors (Lipinski definition) is 5. The van der Waals surface area contributed by atoms with Gasteiger partial charge in [-0.1, -0.05) is 44.2 Å². The molecule has 3 rings (SSSR count). The Hall–Kier alpha value is -2.93. The van der Waals surface area contributed by atoms with Gasteiger partial charge >= 0.3 is 0 Å². The maximum absolute atomic E-state index is 12.8. The number of hydrogen-bond donors (Lipinski definition) is 2. The van der Waals surface area contributed by atoms with E-state index in [1.165, 1.54) is 0 Å². The van der Waals surface area contributed by atoms with Gasteiger partial charge < -0.3 is 20.4 Å². The molecule has 1 atom stereocenters. The molecular weight excluding hydrogens is 378 g/mol. The van der Waals surface area contributed by atoms with Crippen LogP contribution in [0.3, 0.4) is 0 Å². The minimum atomic E-state index is -0.625. The lowest BCUT2D eigenvalue weighted by atomic mass is 10.0. The minimum Gasteiger partial charge on any atom is -0.368 e. The van der Waals surface area contributed by atoms with Crippen LogP contribution in [0.15, 0.2) is 48.7 Å². The SMILES string of the molecule is CC(C)C(NC(=O)Cc1ccccc1)C(=O)Nc1ccc(N2CCN(C)CC2)cn1. The van der Waals surface area contributed by atoms with E-state index >= 15 is 0 Å². The van der Waals surface area contributed by atoms with Crippen molar-refractivity contribution >= 4 is 23.3 Å². The van der Waals surface area contributed by atoms with E-state index in [-0.39, 0.29) is 24.2 Å². The maximum atomic E-state index is 12.8. The Balaban J connectivity index is 1.57. The molecule has 1 aliphatic rings. The first-order valence-electron chi connectivity index (χ1n) is 10.5. The normalized spacial score (nSPS) is 15.7. The summed E-state index contributed by atoms with van der Waals surface area (Å²) >= 11 is 0. The van der Waals surface area contributed by atoms with E-state index in [9.17, 15) is 9.59 Å². The first-order chi connectivity index (χ1) is 14.4. The van der Waals surface area contributed by atoms with Crippen LogP contribution in [0, 0.1) is 5.92 Å². The first kappa shape index (κ1) is 21.8. The fourth-order valence-electron chi connectivity index (χ4n) is 3.46. The van der Waals surface area contributed by atoms with Crippen molar-refractivity contribution in [3.8, 4) is 0 Å². The molecule has 0 spiro atoms. The average Bonchev–Trinajstić information content (AvgIpc) is 2.73. The number of piperazine rings is 1. The highest BCUT2D eigenvalue weighted by atomic mass is 16.2. The van der Waals surface area contributed by atoms with E-state index in [1.807, 2.05) is 56.3 Å². The van der Waals surface area contributed by atoms with Gasteiger partial charge in [-0.25, -0.2) is 4.98 Å². The molecule has 0 bridgehead atoms. The molecule has 2 aromatic rings. The van der Waals surface area contributed by atoms with E-state index in [0.717, 1.165) is 37.4 Å². The van der Waals surface area contributed by atoms with Crippen LogP contribution in [0.1, 0.15) is 19.4 Å². The fourth-order valence-corrected chi connectivity index (χ4v) is 3.46. The van der Waals surface area contributed by atoms with Crippen molar-refractivity contribution < 1.29 is 9.59 Å². The van der Waals surface area contributed by atoms with Gasteiger partial charge in [-0.2, -0.15) is 0 Å². The van der Waals surface area contributed by atoms with Crippen LogP contribution in [0.4, 0.5) is 11.5 Å². The second-order valence-electron chi connectivity index (χ2n) is 8.13. The van der Waals surface area contributed by atoms with Crippen molar-refractivity contribution in [1.82, 2.24) is 15.2 Å². The Morgan fingerprint density at radius 2 is 1.73 bits per heavy atom. The number of rotatable bonds is 7. The van der Waals surface area contributed by atoms with Gasteiger partial charge in [-0.05, 0) is 30.7 Å². The van der Waals surface area contributed by atoms with Gasteiger partial charge in [0.2, 0.25) is 11.8 Å². The summed E-state index contributed by atoms with van der Waals surface area (Å²) < 4.78 is 0. The van der Waals surface area contributed by atoms with Crippen LogP contribution >= 0.6 is 0 Å². The Morgan fingerprint density at radius 3 is 2.33 bits per heavy atom. The molecule has 7 heteroatoms. The molecule has 0 aliphatic carbocycles. The molecule has 2 amide bonds. The predicted octanol–water partition coefficient (Wildman–Crippen LogP) is 2.16. The Kier molecular flexibility index (Phi) is 7.41. The minimum absolute atomic E-state index is 0.0469.